The molecule has 182 valence electrons. The number of hydrogen-bond acceptors (Lipinski definition) is 5. The normalized spacial score (nSPS) is 16.8. The Balaban J connectivity index is 1.22. The van der Waals surface area contributed by atoms with Crippen LogP contribution < -0.4 is 5.32 Å². The smallest absolute Gasteiger partial charge is 0.253 e. The number of pyridine rings is 1. The summed E-state index contributed by atoms with van der Waals surface area (Å²) in [5, 5.41) is 22.2. The maximum absolute atomic E-state index is 13.3. The van der Waals surface area contributed by atoms with E-state index in [1.165, 1.54) is 11.8 Å². The Bertz CT molecular complexity index is 1610. The molecule has 7 heteroatoms. The summed E-state index contributed by atoms with van der Waals surface area (Å²) in [6.07, 6.45) is 5.56. The fourth-order valence-corrected chi connectivity index (χ4v) is 5.67. The van der Waals surface area contributed by atoms with E-state index in [1.807, 2.05) is 97.1 Å². The van der Waals surface area contributed by atoms with Gasteiger partial charge in [-0.2, -0.15) is 5.10 Å². The Hall–Kier alpha value is -4.20. The van der Waals surface area contributed by atoms with Gasteiger partial charge in [0.1, 0.15) is 0 Å². The van der Waals surface area contributed by atoms with E-state index in [0.29, 0.717) is 12.0 Å². The number of benzene rings is 3. The first-order valence-corrected chi connectivity index (χ1v) is 12.9. The van der Waals surface area contributed by atoms with Gasteiger partial charge in [0.05, 0.1) is 34.6 Å². The lowest BCUT2D eigenvalue weighted by Gasteiger charge is -2.19. The molecule has 1 aliphatic carbocycles. The summed E-state index contributed by atoms with van der Waals surface area (Å²) in [6, 6.07) is 26.9. The van der Waals surface area contributed by atoms with Crippen LogP contribution in [0.15, 0.2) is 101 Å². The molecule has 1 amide bonds. The number of nitrogens with one attached hydrogen (secondary N) is 2. The summed E-state index contributed by atoms with van der Waals surface area (Å²) < 4.78 is 0. The maximum Gasteiger partial charge on any atom is 0.253 e. The van der Waals surface area contributed by atoms with E-state index in [0.717, 1.165) is 43.2 Å². The van der Waals surface area contributed by atoms with E-state index >= 15 is 0 Å². The summed E-state index contributed by atoms with van der Waals surface area (Å²) in [5.41, 5.74) is 5.25. The lowest BCUT2D eigenvalue weighted by Crippen LogP contribution is -2.34. The highest BCUT2D eigenvalue weighted by molar-refractivity contribution is 7.99. The lowest BCUT2D eigenvalue weighted by atomic mass is 10.1. The van der Waals surface area contributed by atoms with Gasteiger partial charge in [-0.1, -0.05) is 54.2 Å². The second-order valence-corrected chi connectivity index (χ2v) is 10.0. The van der Waals surface area contributed by atoms with E-state index in [9.17, 15) is 9.90 Å². The van der Waals surface area contributed by atoms with E-state index in [-0.39, 0.29) is 5.91 Å². The zero-order valence-electron chi connectivity index (χ0n) is 19.8. The topological polar surface area (TPSA) is 90.9 Å². The van der Waals surface area contributed by atoms with Gasteiger partial charge < -0.3 is 10.4 Å². The summed E-state index contributed by atoms with van der Waals surface area (Å²) in [7, 11) is 0. The highest BCUT2D eigenvalue weighted by Gasteiger charge is 2.32. The van der Waals surface area contributed by atoms with Crippen LogP contribution in [0.2, 0.25) is 0 Å². The van der Waals surface area contributed by atoms with Gasteiger partial charge in [0, 0.05) is 27.8 Å². The minimum Gasteiger partial charge on any atom is -0.390 e. The number of carbonyl (C=O) groups excluding carboxylic acids is 1. The number of aliphatic hydroxyl groups excluding tert-OH is 1. The van der Waals surface area contributed by atoms with E-state index in [1.54, 1.807) is 6.20 Å². The molecule has 5 aromatic rings. The molecule has 37 heavy (non-hydrogen) atoms. The second-order valence-electron chi connectivity index (χ2n) is 8.92. The van der Waals surface area contributed by atoms with Gasteiger partial charge in [-0.3, -0.25) is 14.9 Å². The third-order valence-corrected chi connectivity index (χ3v) is 7.58. The lowest BCUT2D eigenvalue weighted by molar-refractivity contribution is 0.0855. The quantitative estimate of drug-likeness (QED) is 0.277. The Kier molecular flexibility index (Phi) is 6.30. The first kappa shape index (κ1) is 23.2. The van der Waals surface area contributed by atoms with Crippen LogP contribution in [-0.4, -0.2) is 32.3 Å². The standard InChI is InChI=1S/C30H24N4O2S/c35-27-17-19-7-1-2-9-22(19)29(27)32-30(36)24-10-3-4-11-28(24)37-21-13-14-23-25(33-34-26(23)18-21)15-12-20-8-5-6-16-31-20/h1-16,18,27,29,35H,17H2,(H,32,36)(H,33,34)/b15-12+/t27-,29+/m0/s1. The summed E-state index contributed by atoms with van der Waals surface area (Å²) in [4.78, 5) is 19.5. The highest BCUT2D eigenvalue weighted by atomic mass is 32.2. The van der Waals surface area contributed by atoms with Crippen molar-refractivity contribution in [2.75, 3.05) is 0 Å². The highest BCUT2D eigenvalue weighted by Crippen LogP contribution is 2.35. The van der Waals surface area contributed by atoms with Crippen molar-refractivity contribution in [3.8, 4) is 0 Å². The van der Waals surface area contributed by atoms with E-state index in [4.69, 9.17) is 0 Å². The number of H-pyrrole nitrogens is 1. The molecule has 1 aliphatic rings. The average molecular weight is 505 g/mol. The van der Waals surface area contributed by atoms with Crippen LogP contribution >= 0.6 is 11.8 Å². The van der Waals surface area contributed by atoms with Crippen LogP contribution in [0.4, 0.5) is 0 Å². The molecular formula is C30H24N4O2S. The van der Waals surface area contributed by atoms with Crippen LogP contribution in [0.25, 0.3) is 23.1 Å². The number of nitrogens with zero attached hydrogens (tertiary/aromatic N) is 2. The number of aromatic nitrogens is 3. The van der Waals surface area contributed by atoms with Crippen molar-refractivity contribution in [1.82, 2.24) is 20.5 Å². The molecule has 0 aliphatic heterocycles. The molecule has 0 unspecified atom stereocenters. The molecule has 2 aromatic heterocycles. The number of aromatic amines is 1. The van der Waals surface area contributed by atoms with Gasteiger partial charge in [-0.25, -0.2) is 0 Å². The number of carbonyl (C=O) groups is 1. The molecule has 0 fully saturated rings. The minimum absolute atomic E-state index is 0.201. The van der Waals surface area contributed by atoms with Gasteiger partial charge in [0.15, 0.2) is 0 Å². The predicted molar refractivity (Wildman–Crippen MR) is 146 cm³/mol. The van der Waals surface area contributed by atoms with Crippen molar-refractivity contribution in [1.29, 1.82) is 0 Å². The SMILES string of the molecule is O=C(N[C@@H]1c2ccccc2C[C@@H]1O)c1ccccc1Sc1ccc2c(/C=C/c3ccccn3)n[nH]c2c1. The molecule has 3 N–H and O–H groups in total. The van der Waals surface area contributed by atoms with Crippen molar-refractivity contribution in [2.24, 2.45) is 0 Å². The molecule has 2 atom stereocenters. The average Bonchev–Trinajstić information content (AvgIpc) is 3.48. The van der Waals surface area contributed by atoms with Crippen molar-refractivity contribution < 1.29 is 9.90 Å². The Morgan fingerprint density at radius 1 is 1.00 bits per heavy atom. The van der Waals surface area contributed by atoms with Crippen molar-refractivity contribution in [3.05, 3.63) is 119 Å². The molecule has 0 bridgehead atoms. The Morgan fingerprint density at radius 3 is 2.73 bits per heavy atom. The van der Waals surface area contributed by atoms with Crippen LogP contribution in [0.5, 0.6) is 0 Å². The van der Waals surface area contributed by atoms with Crippen LogP contribution in [0.1, 0.15) is 38.9 Å². The molecular weight excluding hydrogens is 480 g/mol. The van der Waals surface area contributed by atoms with Gasteiger partial charge in [-0.15, -0.1) is 0 Å². The predicted octanol–water partition coefficient (Wildman–Crippen LogP) is 5.67. The molecule has 6 nitrogen and oxygen atoms in total. The third kappa shape index (κ3) is 4.79. The Morgan fingerprint density at radius 2 is 1.84 bits per heavy atom. The largest absolute Gasteiger partial charge is 0.390 e. The summed E-state index contributed by atoms with van der Waals surface area (Å²) >= 11 is 1.52. The monoisotopic (exact) mass is 504 g/mol. The number of rotatable bonds is 6. The third-order valence-electron chi connectivity index (χ3n) is 6.51. The first-order chi connectivity index (χ1) is 18.2. The van der Waals surface area contributed by atoms with Gasteiger partial charge in [0.2, 0.25) is 0 Å². The fraction of sp³-hybridized carbons (Fsp3) is 0.100. The maximum atomic E-state index is 13.3. The van der Waals surface area contributed by atoms with Crippen molar-refractivity contribution >= 4 is 40.7 Å². The first-order valence-electron chi connectivity index (χ1n) is 12.1. The Labute approximate surface area is 218 Å². The zero-order chi connectivity index (χ0) is 25.2. The number of aliphatic hydroxyl groups is 1. The summed E-state index contributed by atoms with van der Waals surface area (Å²) in [5.74, 6) is -0.201. The minimum atomic E-state index is -0.634. The van der Waals surface area contributed by atoms with Gasteiger partial charge >= 0.3 is 0 Å². The molecule has 0 saturated carbocycles. The molecule has 6 rings (SSSR count). The number of fused-ring (bicyclic) bond motifs is 2. The number of hydrogen-bond donors (Lipinski definition) is 3. The van der Waals surface area contributed by atoms with Crippen LogP contribution in [-0.2, 0) is 6.42 Å². The van der Waals surface area contributed by atoms with Gasteiger partial charge in [-0.05, 0) is 65.7 Å². The van der Waals surface area contributed by atoms with Crippen molar-refractivity contribution in [2.45, 2.75) is 28.4 Å². The van der Waals surface area contributed by atoms with Gasteiger partial charge in [0.25, 0.3) is 5.91 Å². The van der Waals surface area contributed by atoms with Crippen molar-refractivity contribution in [3.63, 3.8) is 0 Å². The van der Waals surface area contributed by atoms with Crippen LogP contribution in [0.3, 0.4) is 0 Å². The fourth-order valence-electron chi connectivity index (χ4n) is 4.69. The van der Waals surface area contributed by atoms with E-state index < -0.39 is 12.1 Å². The molecule has 0 spiro atoms. The molecule has 3 aromatic carbocycles. The zero-order valence-corrected chi connectivity index (χ0v) is 20.7. The van der Waals surface area contributed by atoms with E-state index in [2.05, 4.69) is 20.5 Å². The summed E-state index contributed by atoms with van der Waals surface area (Å²) in [6.45, 7) is 0. The molecule has 0 saturated heterocycles. The second kappa shape index (κ2) is 10.0. The van der Waals surface area contributed by atoms with Crippen LogP contribution in [0, 0.1) is 0 Å². The molecule has 2 heterocycles. The molecule has 0 radical (unpaired) electrons. The number of amides is 1.